The van der Waals surface area contributed by atoms with E-state index in [9.17, 15) is 13.2 Å². The van der Waals surface area contributed by atoms with Crippen molar-refractivity contribution in [3.05, 3.63) is 53.6 Å². The van der Waals surface area contributed by atoms with Crippen LogP contribution in [0.25, 0.3) is 0 Å². The molecule has 0 heterocycles. The van der Waals surface area contributed by atoms with E-state index in [-0.39, 0.29) is 16.4 Å². The van der Waals surface area contributed by atoms with Gasteiger partial charge in [0.1, 0.15) is 11.2 Å². The van der Waals surface area contributed by atoms with Crippen molar-refractivity contribution in [3.8, 4) is 11.5 Å². The smallest absolute Gasteiger partial charge is 0.339 e. The summed E-state index contributed by atoms with van der Waals surface area (Å²) in [5.41, 5.74) is 1.33. The minimum atomic E-state index is -3.96. The normalized spacial score (nSPS) is 11.0. The lowest BCUT2D eigenvalue weighted by molar-refractivity contribution is 0.112. The summed E-state index contributed by atoms with van der Waals surface area (Å²) in [5.74, 6) is 0.260. The lowest BCUT2D eigenvalue weighted by Gasteiger charge is -2.12. The molecule has 2 aromatic rings. The van der Waals surface area contributed by atoms with Gasteiger partial charge in [0.25, 0.3) is 0 Å². The van der Waals surface area contributed by atoms with E-state index in [1.807, 2.05) is 6.92 Å². The van der Waals surface area contributed by atoms with Crippen LogP contribution in [0.1, 0.15) is 22.8 Å². The molecule has 0 atom stereocenters. The number of hydrogen-bond acceptors (Lipinski definition) is 5. The number of ether oxygens (including phenoxy) is 1. The summed E-state index contributed by atoms with van der Waals surface area (Å²) in [6, 6.07) is 10.6. The van der Waals surface area contributed by atoms with Crippen LogP contribution in [0.15, 0.2) is 47.4 Å². The first-order valence-electron chi connectivity index (χ1n) is 6.69. The second-order valence-electron chi connectivity index (χ2n) is 4.61. The van der Waals surface area contributed by atoms with Crippen LogP contribution in [0.2, 0.25) is 0 Å². The molecule has 0 aromatic heterocycles. The summed E-state index contributed by atoms with van der Waals surface area (Å²) < 4.78 is 35.0. The number of benzene rings is 2. The number of hydrogen-bond donors (Lipinski definition) is 0. The van der Waals surface area contributed by atoms with Gasteiger partial charge in [0.05, 0.1) is 6.61 Å². The monoisotopic (exact) mass is 320 g/mol. The third-order valence-corrected chi connectivity index (χ3v) is 4.16. The zero-order valence-electron chi connectivity index (χ0n) is 12.3. The van der Waals surface area contributed by atoms with Crippen LogP contribution >= 0.6 is 0 Å². The Morgan fingerprint density at radius 3 is 2.32 bits per heavy atom. The largest absolute Gasteiger partial charge is 0.490 e. The summed E-state index contributed by atoms with van der Waals surface area (Å²) >= 11 is 0. The average Bonchev–Trinajstić information content (AvgIpc) is 2.49. The van der Waals surface area contributed by atoms with Gasteiger partial charge in [-0.3, -0.25) is 4.79 Å². The van der Waals surface area contributed by atoms with Crippen LogP contribution in [0, 0.1) is 6.92 Å². The van der Waals surface area contributed by atoms with Gasteiger partial charge in [-0.1, -0.05) is 17.7 Å². The average molecular weight is 320 g/mol. The highest BCUT2D eigenvalue weighted by atomic mass is 32.2. The molecule has 0 aliphatic carbocycles. The van der Waals surface area contributed by atoms with Gasteiger partial charge in [0.15, 0.2) is 11.5 Å². The van der Waals surface area contributed by atoms with Crippen LogP contribution < -0.4 is 8.92 Å². The Labute approximate surface area is 129 Å². The Morgan fingerprint density at radius 1 is 1.05 bits per heavy atom. The molecule has 0 radical (unpaired) electrons. The van der Waals surface area contributed by atoms with Gasteiger partial charge >= 0.3 is 10.1 Å². The number of rotatable bonds is 6. The summed E-state index contributed by atoms with van der Waals surface area (Å²) in [7, 11) is -3.96. The van der Waals surface area contributed by atoms with Gasteiger partial charge in [0.2, 0.25) is 0 Å². The highest BCUT2D eigenvalue weighted by molar-refractivity contribution is 7.87. The van der Waals surface area contributed by atoms with Crippen molar-refractivity contribution in [2.24, 2.45) is 0 Å². The van der Waals surface area contributed by atoms with Crippen molar-refractivity contribution in [2.75, 3.05) is 6.61 Å². The minimum absolute atomic E-state index is 0.0491. The van der Waals surface area contributed by atoms with Gasteiger partial charge < -0.3 is 8.92 Å². The van der Waals surface area contributed by atoms with Crippen LogP contribution in [0.4, 0.5) is 0 Å². The fourth-order valence-corrected chi connectivity index (χ4v) is 2.75. The minimum Gasteiger partial charge on any atom is -0.490 e. The molecule has 0 amide bonds. The molecule has 0 aliphatic heterocycles. The van der Waals surface area contributed by atoms with E-state index in [2.05, 4.69) is 0 Å². The molecule has 0 aliphatic rings. The molecule has 22 heavy (non-hydrogen) atoms. The molecule has 2 aromatic carbocycles. The standard InChI is InChI=1S/C16H16O5S/c1-3-20-16-10-13(11-17)6-9-15(16)21-22(18,19)14-7-4-12(2)5-8-14/h4-11H,3H2,1-2H3. The van der Waals surface area contributed by atoms with Gasteiger partial charge in [-0.15, -0.1) is 0 Å². The third kappa shape index (κ3) is 3.65. The van der Waals surface area contributed by atoms with E-state index in [1.54, 1.807) is 19.1 Å². The molecular formula is C16H16O5S. The zero-order valence-corrected chi connectivity index (χ0v) is 13.1. The highest BCUT2D eigenvalue weighted by Gasteiger charge is 2.19. The predicted molar refractivity (Wildman–Crippen MR) is 82.0 cm³/mol. The zero-order chi connectivity index (χ0) is 16.2. The fraction of sp³-hybridized carbons (Fsp3) is 0.188. The molecule has 0 fully saturated rings. The quantitative estimate of drug-likeness (QED) is 0.604. The topological polar surface area (TPSA) is 69.7 Å². The maximum absolute atomic E-state index is 12.3. The van der Waals surface area contributed by atoms with Gasteiger partial charge in [-0.25, -0.2) is 0 Å². The van der Waals surface area contributed by atoms with E-state index in [0.29, 0.717) is 18.5 Å². The first-order chi connectivity index (χ1) is 10.5. The van der Waals surface area contributed by atoms with Crippen molar-refractivity contribution in [3.63, 3.8) is 0 Å². The molecule has 0 spiro atoms. The number of carbonyl (C=O) groups is 1. The lowest BCUT2D eigenvalue weighted by atomic mass is 10.2. The Bertz CT molecular complexity index is 764. The van der Waals surface area contributed by atoms with Crippen LogP contribution in [-0.2, 0) is 10.1 Å². The SMILES string of the molecule is CCOc1cc(C=O)ccc1OS(=O)(=O)c1ccc(C)cc1. The Morgan fingerprint density at radius 2 is 1.73 bits per heavy atom. The molecule has 5 nitrogen and oxygen atoms in total. The Kier molecular flexibility index (Phi) is 4.82. The molecule has 0 saturated carbocycles. The van der Waals surface area contributed by atoms with Crippen molar-refractivity contribution in [2.45, 2.75) is 18.7 Å². The van der Waals surface area contributed by atoms with E-state index < -0.39 is 10.1 Å². The van der Waals surface area contributed by atoms with E-state index in [0.717, 1.165) is 5.56 Å². The molecule has 0 unspecified atom stereocenters. The molecule has 6 heteroatoms. The Balaban J connectivity index is 2.36. The van der Waals surface area contributed by atoms with Gasteiger partial charge in [0, 0.05) is 5.56 Å². The van der Waals surface area contributed by atoms with Crippen LogP contribution in [0.3, 0.4) is 0 Å². The molecule has 116 valence electrons. The molecular weight excluding hydrogens is 304 g/mol. The van der Waals surface area contributed by atoms with Crippen molar-refractivity contribution >= 4 is 16.4 Å². The van der Waals surface area contributed by atoms with Crippen molar-refractivity contribution in [1.82, 2.24) is 0 Å². The summed E-state index contributed by atoms with van der Waals surface area (Å²) in [6.07, 6.45) is 0.654. The Hall–Kier alpha value is -2.34. The van der Waals surface area contributed by atoms with Crippen molar-refractivity contribution in [1.29, 1.82) is 0 Å². The fourth-order valence-electron chi connectivity index (χ4n) is 1.81. The van der Waals surface area contributed by atoms with Crippen LogP contribution in [0.5, 0.6) is 11.5 Å². The lowest BCUT2D eigenvalue weighted by Crippen LogP contribution is -2.11. The second kappa shape index (κ2) is 6.62. The molecule has 0 saturated heterocycles. The summed E-state index contributed by atoms with van der Waals surface area (Å²) in [5, 5.41) is 0. The molecule has 2 rings (SSSR count). The van der Waals surface area contributed by atoms with E-state index >= 15 is 0 Å². The number of aldehydes is 1. The van der Waals surface area contributed by atoms with Crippen LogP contribution in [-0.4, -0.2) is 21.3 Å². The highest BCUT2D eigenvalue weighted by Crippen LogP contribution is 2.30. The first kappa shape index (κ1) is 16.0. The maximum Gasteiger partial charge on any atom is 0.339 e. The second-order valence-corrected chi connectivity index (χ2v) is 6.15. The third-order valence-electron chi connectivity index (χ3n) is 2.91. The molecule has 0 N–H and O–H groups in total. The summed E-state index contributed by atoms with van der Waals surface area (Å²) in [4.78, 5) is 10.9. The van der Waals surface area contributed by atoms with Crippen molar-refractivity contribution < 1.29 is 22.1 Å². The molecule has 0 bridgehead atoms. The predicted octanol–water partition coefficient (Wildman–Crippen LogP) is 2.97. The number of aryl methyl sites for hydroxylation is 1. The van der Waals surface area contributed by atoms with E-state index in [1.165, 1.54) is 30.3 Å². The van der Waals surface area contributed by atoms with Gasteiger partial charge in [-0.2, -0.15) is 8.42 Å². The number of carbonyl (C=O) groups excluding carboxylic acids is 1. The van der Waals surface area contributed by atoms with Gasteiger partial charge in [-0.05, 0) is 44.2 Å². The first-order valence-corrected chi connectivity index (χ1v) is 8.10. The maximum atomic E-state index is 12.3. The van der Waals surface area contributed by atoms with E-state index in [4.69, 9.17) is 8.92 Å². The summed E-state index contributed by atoms with van der Waals surface area (Å²) in [6.45, 7) is 3.94.